The molecule has 1 aliphatic rings. The lowest BCUT2D eigenvalue weighted by Crippen LogP contribution is -1.93. The summed E-state index contributed by atoms with van der Waals surface area (Å²) in [5.74, 6) is 2.42. The number of hydrogen-bond donors (Lipinski definition) is 0. The van der Waals surface area contributed by atoms with E-state index in [1.54, 1.807) is 0 Å². The zero-order valence-electron chi connectivity index (χ0n) is 8.18. The van der Waals surface area contributed by atoms with Gasteiger partial charge in [-0.1, -0.05) is 0 Å². The molecule has 0 atom stereocenters. The van der Waals surface area contributed by atoms with E-state index < -0.39 is 0 Å². The van der Waals surface area contributed by atoms with Gasteiger partial charge in [-0.2, -0.15) is 0 Å². The fourth-order valence-electron chi connectivity index (χ4n) is 1.61. The predicted octanol–water partition coefficient (Wildman–Crippen LogP) is 2.90. The van der Waals surface area contributed by atoms with Crippen molar-refractivity contribution in [2.24, 2.45) is 0 Å². The topological polar surface area (TPSA) is 18.5 Å². The zero-order valence-corrected chi connectivity index (χ0v) is 8.93. The second-order valence-corrected chi connectivity index (χ2v) is 3.80. The van der Waals surface area contributed by atoms with Crippen LogP contribution in [0.15, 0.2) is 12.1 Å². The van der Waals surface area contributed by atoms with E-state index in [2.05, 4.69) is 13.0 Å². The Balaban J connectivity index is 2.23. The van der Waals surface area contributed by atoms with E-state index in [1.807, 2.05) is 6.07 Å². The smallest absolute Gasteiger partial charge is 0.231 e. The third kappa shape index (κ3) is 1.80. The maximum atomic E-state index is 5.67. The van der Waals surface area contributed by atoms with Crippen LogP contribution in [0, 0.1) is 6.92 Å². The highest BCUT2D eigenvalue weighted by Gasteiger charge is 2.14. The van der Waals surface area contributed by atoms with Gasteiger partial charge in [-0.05, 0) is 43.0 Å². The van der Waals surface area contributed by atoms with Crippen molar-refractivity contribution < 1.29 is 9.47 Å². The van der Waals surface area contributed by atoms with Gasteiger partial charge in [0.05, 0.1) is 0 Å². The molecule has 76 valence electrons. The Bertz CT molecular complexity index is 336. The number of aryl methyl sites for hydroxylation is 2. The molecule has 0 aliphatic carbocycles. The summed E-state index contributed by atoms with van der Waals surface area (Å²) in [6.07, 6.45) is 2.01. The first-order chi connectivity index (χ1) is 6.81. The molecule has 0 aromatic heterocycles. The number of alkyl halides is 1. The fourth-order valence-corrected chi connectivity index (χ4v) is 1.75. The largest absolute Gasteiger partial charge is 0.454 e. The third-order valence-electron chi connectivity index (χ3n) is 2.41. The summed E-state index contributed by atoms with van der Waals surface area (Å²) >= 11 is 5.67. The molecule has 0 fully saturated rings. The van der Waals surface area contributed by atoms with Crippen LogP contribution in [0.25, 0.3) is 0 Å². The molecule has 0 saturated heterocycles. The van der Waals surface area contributed by atoms with E-state index in [1.165, 1.54) is 11.1 Å². The molecule has 3 heteroatoms. The highest BCUT2D eigenvalue weighted by atomic mass is 35.5. The minimum atomic E-state index is 0.341. The molecule has 0 N–H and O–H groups in total. The summed E-state index contributed by atoms with van der Waals surface area (Å²) in [4.78, 5) is 0. The minimum Gasteiger partial charge on any atom is -0.454 e. The summed E-state index contributed by atoms with van der Waals surface area (Å²) in [5.41, 5.74) is 2.55. The number of benzene rings is 1. The summed E-state index contributed by atoms with van der Waals surface area (Å²) in [5, 5.41) is 0. The second-order valence-electron chi connectivity index (χ2n) is 3.42. The Hall–Kier alpha value is -0.890. The minimum absolute atomic E-state index is 0.341. The molecule has 0 bridgehead atoms. The van der Waals surface area contributed by atoms with Gasteiger partial charge in [0.2, 0.25) is 6.79 Å². The van der Waals surface area contributed by atoms with Gasteiger partial charge in [0.1, 0.15) is 0 Å². The van der Waals surface area contributed by atoms with E-state index in [4.69, 9.17) is 21.1 Å². The molecule has 0 amide bonds. The van der Waals surface area contributed by atoms with Gasteiger partial charge >= 0.3 is 0 Å². The SMILES string of the molecule is Cc1cc2c(cc1CCCCl)OCO2. The van der Waals surface area contributed by atoms with Crippen LogP contribution < -0.4 is 9.47 Å². The first kappa shape index (κ1) is 9.66. The van der Waals surface area contributed by atoms with Crippen LogP contribution >= 0.6 is 11.6 Å². The zero-order chi connectivity index (χ0) is 9.97. The monoisotopic (exact) mass is 212 g/mol. The molecule has 0 radical (unpaired) electrons. The molecular weight excluding hydrogens is 200 g/mol. The van der Waals surface area contributed by atoms with Crippen LogP contribution in [0.3, 0.4) is 0 Å². The molecule has 0 unspecified atom stereocenters. The van der Waals surface area contributed by atoms with Crippen molar-refractivity contribution in [3.8, 4) is 11.5 Å². The Morgan fingerprint density at radius 3 is 2.71 bits per heavy atom. The normalized spacial score (nSPS) is 13.3. The van der Waals surface area contributed by atoms with Gasteiger partial charge in [-0.3, -0.25) is 0 Å². The summed E-state index contributed by atoms with van der Waals surface area (Å²) in [7, 11) is 0. The Morgan fingerprint density at radius 2 is 2.00 bits per heavy atom. The van der Waals surface area contributed by atoms with Gasteiger partial charge in [-0.25, -0.2) is 0 Å². The van der Waals surface area contributed by atoms with Crippen molar-refractivity contribution >= 4 is 11.6 Å². The number of ether oxygens (including phenoxy) is 2. The molecule has 1 aromatic rings. The lowest BCUT2D eigenvalue weighted by Gasteiger charge is -2.06. The fraction of sp³-hybridized carbons (Fsp3) is 0.455. The average Bonchev–Trinajstić information content (AvgIpc) is 2.61. The molecule has 2 rings (SSSR count). The van der Waals surface area contributed by atoms with Crippen molar-refractivity contribution in [1.29, 1.82) is 0 Å². The lowest BCUT2D eigenvalue weighted by atomic mass is 10.0. The van der Waals surface area contributed by atoms with Gasteiger partial charge in [0, 0.05) is 5.88 Å². The number of hydrogen-bond acceptors (Lipinski definition) is 2. The van der Waals surface area contributed by atoms with Gasteiger partial charge in [0.25, 0.3) is 0 Å². The van der Waals surface area contributed by atoms with Crippen LogP contribution in [0.5, 0.6) is 11.5 Å². The van der Waals surface area contributed by atoms with E-state index in [-0.39, 0.29) is 0 Å². The number of rotatable bonds is 3. The maximum Gasteiger partial charge on any atom is 0.231 e. The Labute approximate surface area is 88.8 Å². The average molecular weight is 213 g/mol. The Morgan fingerprint density at radius 1 is 1.29 bits per heavy atom. The molecule has 2 nitrogen and oxygen atoms in total. The molecule has 1 heterocycles. The molecule has 0 saturated carbocycles. The third-order valence-corrected chi connectivity index (χ3v) is 2.68. The first-order valence-electron chi connectivity index (χ1n) is 4.76. The molecule has 1 aliphatic heterocycles. The van der Waals surface area contributed by atoms with Crippen LogP contribution in [0.4, 0.5) is 0 Å². The molecule has 14 heavy (non-hydrogen) atoms. The number of halogens is 1. The van der Waals surface area contributed by atoms with Crippen molar-refractivity contribution in [1.82, 2.24) is 0 Å². The number of fused-ring (bicyclic) bond motifs is 1. The van der Waals surface area contributed by atoms with Gasteiger partial charge < -0.3 is 9.47 Å². The van der Waals surface area contributed by atoms with Crippen LogP contribution in [0.2, 0.25) is 0 Å². The van der Waals surface area contributed by atoms with E-state index in [0.29, 0.717) is 12.7 Å². The maximum absolute atomic E-state index is 5.67. The van der Waals surface area contributed by atoms with Crippen LogP contribution in [-0.4, -0.2) is 12.7 Å². The molecular formula is C11H13ClO2. The standard InChI is InChI=1S/C11H13ClO2/c1-8-5-10-11(14-7-13-10)6-9(8)3-2-4-12/h5-6H,2-4,7H2,1H3. The predicted molar refractivity (Wildman–Crippen MR) is 56.3 cm³/mol. The highest BCUT2D eigenvalue weighted by molar-refractivity contribution is 6.17. The Kier molecular flexibility index (Phi) is 2.82. The molecule has 0 spiro atoms. The van der Waals surface area contributed by atoms with Crippen molar-refractivity contribution in [2.45, 2.75) is 19.8 Å². The first-order valence-corrected chi connectivity index (χ1v) is 5.30. The summed E-state index contributed by atoms with van der Waals surface area (Å²) < 4.78 is 10.6. The van der Waals surface area contributed by atoms with Crippen molar-refractivity contribution in [3.63, 3.8) is 0 Å². The second kappa shape index (κ2) is 4.09. The lowest BCUT2D eigenvalue weighted by molar-refractivity contribution is 0.174. The van der Waals surface area contributed by atoms with Crippen molar-refractivity contribution in [2.75, 3.05) is 12.7 Å². The summed E-state index contributed by atoms with van der Waals surface area (Å²) in [6, 6.07) is 4.09. The van der Waals surface area contributed by atoms with Gasteiger partial charge in [0.15, 0.2) is 11.5 Å². The quantitative estimate of drug-likeness (QED) is 0.718. The van der Waals surface area contributed by atoms with Crippen LogP contribution in [-0.2, 0) is 6.42 Å². The van der Waals surface area contributed by atoms with Gasteiger partial charge in [-0.15, -0.1) is 11.6 Å². The van der Waals surface area contributed by atoms with E-state index in [9.17, 15) is 0 Å². The van der Waals surface area contributed by atoms with Crippen LogP contribution in [0.1, 0.15) is 17.5 Å². The highest BCUT2D eigenvalue weighted by Crippen LogP contribution is 2.34. The summed E-state index contributed by atoms with van der Waals surface area (Å²) in [6.45, 7) is 2.43. The molecule has 1 aromatic carbocycles. The van der Waals surface area contributed by atoms with Crippen molar-refractivity contribution in [3.05, 3.63) is 23.3 Å². The van der Waals surface area contributed by atoms with E-state index >= 15 is 0 Å². The van der Waals surface area contributed by atoms with E-state index in [0.717, 1.165) is 24.3 Å².